The van der Waals surface area contributed by atoms with Crippen LogP contribution in [0.25, 0.3) is 5.65 Å². The van der Waals surface area contributed by atoms with Gasteiger partial charge >= 0.3 is 0 Å². The standard InChI is InChI=1S/C20H22F3N7O2/c1-20(2,3)30-8-14(15(27-30)16(22)23)25-19(31)12-5-24-29-7-13(21)18(26-17(12)29)28-6-11-4-10(28)9-32-11/h5,7-8,10-11,16H,4,6,9H2,1-3H3,(H,25,31)/t10-,11-/m1/s1. The fourth-order valence-electron chi connectivity index (χ4n) is 4.08. The summed E-state index contributed by atoms with van der Waals surface area (Å²) in [6.07, 6.45) is 1.72. The molecule has 12 heteroatoms. The first-order valence-electron chi connectivity index (χ1n) is 10.2. The molecule has 0 aliphatic carbocycles. The van der Waals surface area contributed by atoms with Crippen LogP contribution in [0, 0.1) is 5.82 Å². The van der Waals surface area contributed by atoms with Crippen molar-refractivity contribution in [2.45, 2.75) is 51.3 Å². The van der Waals surface area contributed by atoms with Crippen LogP contribution >= 0.6 is 0 Å². The number of hydrogen-bond acceptors (Lipinski definition) is 6. The van der Waals surface area contributed by atoms with Crippen molar-refractivity contribution in [2.75, 3.05) is 23.4 Å². The first-order chi connectivity index (χ1) is 15.1. The Morgan fingerprint density at radius 3 is 2.72 bits per heavy atom. The second kappa shape index (κ2) is 7.19. The lowest BCUT2D eigenvalue weighted by atomic mass is 10.1. The van der Waals surface area contributed by atoms with E-state index < -0.39 is 29.4 Å². The number of amides is 1. The third-order valence-electron chi connectivity index (χ3n) is 5.73. The van der Waals surface area contributed by atoms with Gasteiger partial charge in [-0.05, 0) is 27.2 Å². The Bertz CT molecular complexity index is 1200. The average Bonchev–Trinajstić information content (AvgIpc) is 3.49. The highest BCUT2D eigenvalue weighted by Gasteiger charge is 2.41. The van der Waals surface area contributed by atoms with Gasteiger partial charge in [-0.1, -0.05) is 0 Å². The Hall–Kier alpha value is -3.15. The van der Waals surface area contributed by atoms with E-state index >= 15 is 0 Å². The molecular weight excluding hydrogens is 427 g/mol. The van der Waals surface area contributed by atoms with E-state index in [1.807, 2.05) is 25.7 Å². The maximum absolute atomic E-state index is 14.7. The molecular formula is C20H22F3N7O2. The van der Waals surface area contributed by atoms with Gasteiger partial charge in [0.05, 0.1) is 42.4 Å². The number of hydrogen-bond donors (Lipinski definition) is 1. The number of carbonyl (C=O) groups excluding carboxylic acids is 1. The molecule has 2 bridgehead atoms. The first kappa shape index (κ1) is 20.7. The molecule has 1 N–H and O–H groups in total. The number of halogens is 3. The molecule has 170 valence electrons. The number of fused-ring (bicyclic) bond motifs is 3. The number of aromatic nitrogens is 5. The van der Waals surface area contributed by atoms with Crippen molar-refractivity contribution in [2.24, 2.45) is 0 Å². The zero-order valence-corrected chi connectivity index (χ0v) is 17.7. The number of ether oxygens (including phenoxy) is 1. The molecule has 5 rings (SSSR count). The number of nitrogens with one attached hydrogen (secondary N) is 1. The van der Waals surface area contributed by atoms with E-state index in [2.05, 4.69) is 20.5 Å². The summed E-state index contributed by atoms with van der Waals surface area (Å²) in [6.45, 7) is 6.44. The van der Waals surface area contributed by atoms with Crippen molar-refractivity contribution in [3.05, 3.63) is 35.7 Å². The maximum Gasteiger partial charge on any atom is 0.284 e. The Morgan fingerprint density at radius 2 is 2.09 bits per heavy atom. The van der Waals surface area contributed by atoms with Gasteiger partial charge in [0.1, 0.15) is 5.56 Å². The smallest absolute Gasteiger partial charge is 0.284 e. The van der Waals surface area contributed by atoms with Crippen LogP contribution in [0.4, 0.5) is 24.7 Å². The van der Waals surface area contributed by atoms with Crippen LogP contribution in [0.15, 0.2) is 18.6 Å². The molecule has 1 amide bonds. The van der Waals surface area contributed by atoms with Gasteiger partial charge in [0.25, 0.3) is 12.3 Å². The van der Waals surface area contributed by atoms with E-state index in [9.17, 15) is 18.0 Å². The van der Waals surface area contributed by atoms with E-state index in [-0.39, 0.29) is 34.9 Å². The van der Waals surface area contributed by atoms with E-state index in [0.29, 0.717) is 13.2 Å². The predicted octanol–water partition coefficient (Wildman–Crippen LogP) is 2.99. The molecule has 5 heterocycles. The van der Waals surface area contributed by atoms with Crippen LogP contribution in [-0.4, -0.2) is 55.6 Å². The van der Waals surface area contributed by atoms with Crippen molar-refractivity contribution < 1.29 is 22.7 Å². The van der Waals surface area contributed by atoms with Crippen molar-refractivity contribution in [3.63, 3.8) is 0 Å². The zero-order chi connectivity index (χ0) is 22.8. The highest BCUT2D eigenvalue weighted by atomic mass is 19.3. The molecule has 0 aromatic carbocycles. The number of anilines is 2. The van der Waals surface area contributed by atoms with Crippen molar-refractivity contribution >= 4 is 23.1 Å². The summed E-state index contributed by atoms with van der Waals surface area (Å²) < 4.78 is 49.8. The summed E-state index contributed by atoms with van der Waals surface area (Å²) in [6, 6.07) is 0.0292. The fraction of sp³-hybridized carbons (Fsp3) is 0.500. The minimum Gasteiger partial charge on any atom is -0.374 e. The molecule has 0 radical (unpaired) electrons. The quantitative estimate of drug-likeness (QED) is 0.659. The normalized spacial score (nSPS) is 20.7. The van der Waals surface area contributed by atoms with Gasteiger partial charge < -0.3 is 15.0 Å². The molecule has 2 aliphatic rings. The molecule has 2 saturated heterocycles. The predicted molar refractivity (Wildman–Crippen MR) is 109 cm³/mol. The van der Waals surface area contributed by atoms with Crippen molar-refractivity contribution in [3.8, 4) is 0 Å². The lowest BCUT2D eigenvalue weighted by Crippen LogP contribution is -2.38. The Labute approximate surface area is 181 Å². The fourth-order valence-corrected chi connectivity index (χ4v) is 4.08. The summed E-state index contributed by atoms with van der Waals surface area (Å²) >= 11 is 0. The van der Waals surface area contributed by atoms with E-state index in [0.717, 1.165) is 17.1 Å². The van der Waals surface area contributed by atoms with E-state index in [1.165, 1.54) is 17.1 Å². The summed E-state index contributed by atoms with van der Waals surface area (Å²) in [5.41, 5.74) is -1.02. The Balaban J connectivity index is 1.48. The average molecular weight is 449 g/mol. The van der Waals surface area contributed by atoms with Crippen LogP contribution in [-0.2, 0) is 10.3 Å². The molecule has 9 nitrogen and oxygen atoms in total. The van der Waals surface area contributed by atoms with Gasteiger partial charge in [-0.15, -0.1) is 0 Å². The maximum atomic E-state index is 14.7. The highest BCUT2D eigenvalue weighted by molar-refractivity contribution is 6.08. The molecule has 2 aliphatic heterocycles. The molecule has 2 atom stereocenters. The summed E-state index contributed by atoms with van der Waals surface area (Å²) in [7, 11) is 0. The second-order valence-corrected chi connectivity index (χ2v) is 9.03. The number of morpholine rings is 1. The van der Waals surface area contributed by atoms with Crippen molar-refractivity contribution in [1.29, 1.82) is 0 Å². The van der Waals surface area contributed by atoms with Crippen molar-refractivity contribution in [1.82, 2.24) is 24.4 Å². The Kier molecular flexibility index (Phi) is 4.66. The monoisotopic (exact) mass is 449 g/mol. The zero-order valence-electron chi connectivity index (χ0n) is 17.7. The van der Waals surface area contributed by atoms with Crippen LogP contribution < -0.4 is 10.2 Å². The molecule has 2 fully saturated rings. The van der Waals surface area contributed by atoms with Crippen LogP contribution in [0.5, 0.6) is 0 Å². The lowest BCUT2D eigenvalue weighted by molar-refractivity contribution is 0.0986. The summed E-state index contributed by atoms with van der Waals surface area (Å²) in [4.78, 5) is 19.2. The SMILES string of the molecule is CC(C)(C)n1cc(NC(=O)c2cnn3cc(F)c(N4C[C@H]5C[C@@H]4CO5)nc23)c(C(F)F)n1. The first-order valence-corrected chi connectivity index (χ1v) is 10.2. The topological polar surface area (TPSA) is 89.6 Å². The number of nitrogens with zero attached hydrogens (tertiary/aromatic N) is 6. The van der Waals surface area contributed by atoms with E-state index in [1.54, 1.807) is 0 Å². The Morgan fingerprint density at radius 1 is 1.31 bits per heavy atom. The van der Waals surface area contributed by atoms with Gasteiger partial charge in [-0.25, -0.2) is 22.7 Å². The lowest BCUT2D eigenvalue weighted by Gasteiger charge is -2.28. The number of rotatable bonds is 4. The minimum atomic E-state index is -2.87. The molecule has 3 aromatic heterocycles. The third-order valence-corrected chi connectivity index (χ3v) is 5.73. The molecule has 32 heavy (non-hydrogen) atoms. The summed E-state index contributed by atoms with van der Waals surface area (Å²) in [5, 5.41) is 10.4. The molecule has 3 aromatic rings. The van der Waals surface area contributed by atoms with E-state index in [4.69, 9.17) is 4.74 Å². The van der Waals surface area contributed by atoms with Gasteiger partial charge in [0.15, 0.2) is 23.0 Å². The molecule has 0 spiro atoms. The van der Waals surface area contributed by atoms with Crippen LogP contribution in [0.2, 0.25) is 0 Å². The van der Waals surface area contributed by atoms with Gasteiger partial charge in [0, 0.05) is 12.7 Å². The van der Waals surface area contributed by atoms with Crippen LogP contribution in [0.1, 0.15) is 49.7 Å². The highest BCUT2D eigenvalue weighted by Crippen LogP contribution is 2.33. The number of alkyl halides is 2. The summed E-state index contributed by atoms with van der Waals surface area (Å²) in [5.74, 6) is -1.13. The second-order valence-electron chi connectivity index (χ2n) is 9.03. The van der Waals surface area contributed by atoms with Gasteiger partial charge in [-0.3, -0.25) is 9.48 Å². The van der Waals surface area contributed by atoms with Gasteiger partial charge in [0.2, 0.25) is 0 Å². The largest absolute Gasteiger partial charge is 0.374 e. The van der Waals surface area contributed by atoms with Gasteiger partial charge in [-0.2, -0.15) is 10.2 Å². The minimum absolute atomic E-state index is 0.0292. The molecule has 0 unspecified atom stereocenters. The number of carbonyl (C=O) groups is 1. The molecule has 0 saturated carbocycles. The third kappa shape index (κ3) is 3.38. The van der Waals surface area contributed by atoms with Crippen LogP contribution in [0.3, 0.4) is 0 Å².